The van der Waals surface area contributed by atoms with Gasteiger partial charge in [-0.05, 0) is 148 Å². The van der Waals surface area contributed by atoms with Gasteiger partial charge in [0, 0.05) is 35.8 Å². The largest absolute Gasteiger partial charge is 0.418 e. The van der Waals surface area contributed by atoms with Gasteiger partial charge < -0.3 is 9.80 Å². The van der Waals surface area contributed by atoms with Crippen LogP contribution in [-0.4, -0.2) is 0 Å². The highest BCUT2D eigenvalue weighted by Crippen LogP contribution is 2.76. The Morgan fingerprint density at radius 3 is 1.00 bits per heavy atom. The number of hydrogen-bond donors (Lipinski definition) is 0. The van der Waals surface area contributed by atoms with Crippen molar-refractivity contribution in [3.63, 3.8) is 0 Å². The van der Waals surface area contributed by atoms with E-state index in [1.807, 2.05) is 102 Å². The van der Waals surface area contributed by atoms with E-state index in [4.69, 9.17) is 0 Å². The van der Waals surface area contributed by atoms with Crippen molar-refractivity contribution in [1.29, 1.82) is 5.26 Å². The maximum absolute atomic E-state index is 18.5. The van der Waals surface area contributed by atoms with Crippen LogP contribution in [-0.2, 0) is 33.3 Å². The van der Waals surface area contributed by atoms with Gasteiger partial charge in [-0.3, -0.25) is 0 Å². The Labute approximate surface area is 541 Å². The van der Waals surface area contributed by atoms with Gasteiger partial charge in [-0.25, -0.2) is 0 Å². The number of halogens is 3. The molecule has 8 heteroatoms. The minimum Gasteiger partial charge on any atom is -0.306 e. The van der Waals surface area contributed by atoms with E-state index in [2.05, 4.69) is 214 Å². The number of alkyl halides is 3. The summed E-state index contributed by atoms with van der Waals surface area (Å²) < 4.78 is 55.5. The Morgan fingerprint density at radius 2 is 0.692 bits per heavy atom. The highest BCUT2D eigenvalue weighted by atomic mass is 32.2. The fourth-order valence-corrected chi connectivity index (χ4v) is 18.2. The van der Waals surface area contributed by atoms with E-state index in [1.54, 1.807) is 23.5 Å². The molecule has 0 amide bonds. The summed E-state index contributed by atoms with van der Waals surface area (Å²) in [5.74, 6) is 0. The average molecular weight is 1230 g/mol. The van der Waals surface area contributed by atoms with E-state index in [9.17, 15) is 5.26 Å². The summed E-state index contributed by atoms with van der Waals surface area (Å²) in [6, 6.07) is 82.1. The Bertz CT molecular complexity index is 4590. The lowest BCUT2D eigenvalue weighted by molar-refractivity contribution is -0.138. The molecule has 448 valence electrons. The smallest absolute Gasteiger partial charge is 0.306 e. The van der Waals surface area contributed by atoms with Gasteiger partial charge >= 0.3 is 6.18 Å². The van der Waals surface area contributed by atoms with Crippen molar-refractivity contribution in [2.24, 2.45) is 0 Å². The lowest BCUT2D eigenvalue weighted by Gasteiger charge is -2.50. The summed E-state index contributed by atoms with van der Waals surface area (Å²) in [5, 5.41) is 12.9. The second kappa shape index (κ2) is 20.8. The first-order valence-corrected chi connectivity index (χ1v) is 32.9. The monoisotopic (exact) mass is 1230 g/mol. The number of anilines is 6. The van der Waals surface area contributed by atoms with E-state index in [0.29, 0.717) is 22.6 Å². The molecule has 4 aliphatic rings. The molecular weight excluding hydrogens is 1160 g/mol. The molecule has 0 bridgehead atoms. The standard InChI is InChI=1S/C83H68F3N3S2/c1-78(2,3)58-35-37-60-61-38-36-59(79(4,5)6)48-64(61)82(63(60)47-58)80(7,8)73-74(81(82,9)10)76(88-65-39-31-54(50-23-15-11-16-24-50)43-69(65)90-70-44-55(32-40-66(70)88)51-25-17-12-18-26-51)62(49-87)77(75(73)83(84,85)86)89-67-41-33-56(52-27-19-13-20-28-52)45-71(67)91-72-46-57(34-42-68(72)89)53-29-21-14-22-30-53/h11-48H,1-10H3. The summed E-state index contributed by atoms with van der Waals surface area (Å²) in [7, 11) is 0. The molecule has 0 unspecified atom stereocenters. The zero-order valence-electron chi connectivity index (χ0n) is 52.7. The first-order chi connectivity index (χ1) is 43.5. The van der Waals surface area contributed by atoms with Crippen molar-refractivity contribution in [1.82, 2.24) is 0 Å². The molecule has 0 radical (unpaired) electrons. The van der Waals surface area contributed by atoms with Gasteiger partial charge in [-0.2, -0.15) is 18.4 Å². The second-order valence-electron chi connectivity index (χ2n) is 27.9. The molecule has 11 aromatic rings. The zero-order valence-corrected chi connectivity index (χ0v) is 54.4. The molecule has 15 rings (SSSR count). The van der Waals surface area contributed by atoms with Gasteiger partial charge in [0.2, 0.25) is 0 Å². The normalized spacial score (nSPS) is 15.4. The van der Waals surface area contributed by atoms with Gasteiger partial charge in [0.15, 0.2) is 0 Å². The molecule has 1 spiro atoms. The van der Waals surface area contributed by atoms with E-state index in [1.165, 1.54) is 0 Å². The Morgan fingerprint density at radius 1 is 0.374 bits per heavy atom. The Hall–Kier alpha value is -9.00. The highest BCUT2D eigenvalue weighted by molar-refractivity contribution is 8.00. The van der Waals surface area contributed by atoms with Crippen LogP contribution >= 0.6 is 23.5 Å². The van der Waals surface area contributed by atoms with Crippen LogP contribution < -0.4 is 9.80 Å². The molecular formula is C83H68F3N3S2. The average Bonchev–Trinajstić information content (AvgIpc) is 1.47. The summed E-state index contributed by atoms with van der Waals surface area (Å²) >= 11 is 3.21. The molecule has 2 aliphatic heterocycles. The van der Waals surface area contributed by atoms with Crippen LogP contribution in [0.15, 0.2) is 250 Å². The maximum Gasteiger partial charge on any atom is 0.418 e. The predicted octanol–water partition coefficient (Wildman–Crippen LogP) is 24.2. The van der Waals surface area contributed by atoms with Crippen LogP contribution in [0, 0.1) is 11.3 Å². The third-order valence-corrected chi connectivity index (χ3v) is 22.1. The fraction of sp³-hybridized carbons (Fsp3) is 0.193. The summed E-state index contributed by atoms with van der Waals surface area (Å²) in [6.45, 7) is 21.8. The SMILES string of the molecule is CC(C)(C)c1ccc2c(c1)C1(c3cc(C(C)(C)C)ccc3-2)C(C)(C)c2c(N3c4ccc(-c5ccccc5)cc4Sc4cc(-c5ccccc5)ccc43)c(C#N)c(N3c4ccc(-c5ccccc5)cc4Sc4cc(-c5ccccc5)ccc43)c(C(F)(F)F)c2C1(C)C. The minimum absolute atomic E-state index is 0.0662. The predicted molar refractivity (Wildman–Crippen MR) is 372 cm³/mol. The molecule has 0 fully saturated rings. The Balaban J connectivity index is 1.13. The first-order valence-electron chi connectivity index (χ1n) is 31.3. The quantitative estimate of drug-likeness (QED) is 0.166. The molecule has 2 aliphatic carbocycles. The third kappa shape index (κ3) is 8.85. The lowest BCUT2D eigenvalue weighted by atomic mass is 9.51. The van der Waals surface area contributed by atoms with Crippen molar-refractivity contribution in [3.8, 4) is 61.7 Å². The van der Waals surface area contributed by atoms with Gasteiger partial charge in [0.1, 0.15) is 11.6 Å². The maximum atomic E-state index is 18.5. The summed E-state index contributed by atoms with van der Waals surface area (Å²) in [5.41, 5.74) is 12.5. The molecule has 0 N–H and O–H groups in total. The number of nitriles is 1. The zero-order chi connectivity index (χ0) is 63.3. The number of nitrogens with zero attached hydrogens (tertiary/aromatic N) is 3. The molecule has 91 heavy (non-hydrogen) atoms. The van der Waals surface area contributed by atoms with Gasteiger partial charge in [0.25, 0.3) is 0 Å². The highest BCUT2D eigenvalue weighted by Gasteiger charge is 2.71. The number of benzene rings is 11. The van der Waals surface area contributed by atoms with Crippen LogP contribution in [0.3, 0.4) is 0 Å². The molecule has 11 aromatic carbocycles. The molecule has 0 saturated carbocycles. The number of fused-ring (bicyclic) bond motifs is 10. The second-order valence-corrected chi connectivity index (χ2v) is 30.1. The Kier molecular flexibility index (Phi) is 13.3. The molecule has 0 aromatic heterocycles. The van der Waals surface area contributed by atoms with Crippen molar-refractivity contribution in [2.45, 2.75) is 122 Å². The topological polar surface area (TPSA) is 30.3 Å². The third-order valence-electron chi connectivity index (χ3n) is 20.0. The van der Waals surface area contributed by atoms with Crippen LogP contribution in [0.1, 0.15) is 114 Å². The summed E-state index contributed by atoms with van der Waals surface area (Å²) in [6.07, 6.45) is -5.02. The van der Waals surface area contributed by atoms with Crippen LogP contribution in [0.5, 0.6) is 0 Å². The number of rotatable bonds is 6. The molecule has 0 saturated heterocycles. The molecule has 3 nitrogen and oxygen atoms in total. The molecule has 0 atom stereocenters. The first kappa shape index (κ1) is 58.4. The van der Waals surface area contributed by atoms with Crippen molar-refractivity contribution in [2.75, 3.05) is 9.80 Å². The van der Waals surface area contributed by atoms with E-state index in [0.717, 1.165) is 109 Å². The minimum atomic E-state index is -5.02. The van der Waals surface area contributed by atoms with Crippen molar-refractivity contribution >= 4 is 57.6 Å². The van der Waals surface area contributed by atoms with Gasteiger partial charge in [0.05, 0.1) is 39.7 Å². The summed E-state index contributed by atoms with van der Waals surface area (Å²) in [4.78, 5) is 7.36. The number of hydrogen-bond acceptors (Lipinski definition) is 5. The van der Waals surface area contributed by atoms with E-state index in [-0.39, 0.29) is 27.6 Å². The van der Waals surface area contributed by atoms with Crippen LogP contribution in [0.4, 0.5) is 47.3 Å². The van der Waals surface area contributed by atoms with Gasteiger partial charge in [-0.1, -0.05) is 275 Å². The van der Waals surface area contributed by atoms with Crippen LogP contribution in [0.25, 0.3) is 55.6 Å². The van der Waals surface area contributed by atoms with E-state index < -0.39 is 28.0 Å². The fourth-order valence-electron chi connectivity index (χ4n) is 15.9. The van der Waals surface area contributed by atoms with Gasteiger partial charge in [-0.15, -0.1) is 0 Å². The van der Waals surface area contributed by atoms with E-state index >= 15 is 13.2 Å². The van der Waals surface area contributed by atoms with Crippen LogP contribution in [0.2, 0.25) is 0 Å². The lowest BCUT2D eigenvalue weighted by Crippen LogP contribution is -2.51. The van der Waals surface area contributed by atoms with Crippen molar-refractivity contribution < 1.29 is 13.2 Å². The van der Waals surface area contributed by atoms with Crippen molar-refractivity contribution in [3.05, 3.63) is 275 Å². The molecule has 2 heterocycles.